The molecule has 0 radical (unpaired) electrons. The van der Waals surface area contributed by atoms with Crippen molar-refractivity contribution in [2.45, 2.75) is 24.0 Å². The van der Waals surface area contributed by atoms with Crippen LogP contribution in [0.3, 0.4) is 0 Å². The molecule has 1 aromatic heterocycles. The lowest BCUT2D eigenvalue weighted by Gasteiger charge is -2.12. The first-order valence-electron chi connectivity index (χ1n) is 5.66. The molecule has 0 aliphatic heterocycles. The summed E-state index contributed by atoms with van der Waals surface area (Å²) in [5, 5.41) is 2.97. The van der Waals surface area contributed by atoms with Crippen LogP contribution in [0, 0.1) is 0 Å². The highest BCUT2D eigenvalue weighted by Gasteiger charge is 2.41. The van der Waals surface area contributed by atoms with Crippen molar-refractivity contribution in [2.24, 2.45) is 0 Å². The molecule has 4 nitrogen and oxygen atoms in total. The van der Waals surface area contributed by atoms with E-state index < -0.39 is 0 Å². The van der Waals surface area contributed by atoms with Crippen LogP contribution < -0.4 is 11.1 Å². The summed E-state index contributed by atoms with van der Waals surface area (Å²) in [4.78, 5) is 15.8. The van der Waals surface area contributed by atoms with Crippen molar-refractivity contribution in [1.29, 1.82) is 0 Å². The Bertz CT molecular complexity index is 401. The molecule has 0 spiro atoms. The quantitative estimate of drug-likeness (QED) is 0.825. The van der Waals surface area contributed by atoms with E-state index in [4.69, 9.17) is 5.73 Å². The van der Waals surface area contributed by atoms with Crippen LogP contribution in [0.2, 0.25) is 0 Å². The van der Waals surface area contributed by atoms with Gasteiger partial charge in [-0.25, -0.2) is 0 Å². The van der Waals surface area contributed by atoms with E-state index in [0.29, 0.717) is 16.9 Å². The molecule has 1 amide bonds. The number of pyridine rings is 1. The lowest BCUT2D eigenvalue weighted by Crippen LogP contribution is -2.32. The number of nitrogens with one attached hydrogen (secondary N) is 1. The lowest BCUT2D eigenvalue weighted by atomic mass is 10.2. The number of thioether (sulfide) groups is 1. The highest BCUT2D eigenvalue weighted by Crippen LogP contribution is 2.46. The van der Waals surface area contributed by atoms with E-state index >= 15 is 0 Å². The van der Waals surface area contributed by atoms with Crippen LogP contribution >= 0.6 is 11.8 Å². The Morgan fingerprint density at radius 2 is 2.35 bits per heavy atom. The molecular weight excluding hydrogens is 234 g/mol. The third-order valence-corrected chi connectivity index (χ3v) is 4.46. The van der Waals surface area contributed by atoms with Gasteiger partial charge in [-0.15, -0.1) is 0 Å². The summed E-state index contributed by atoms with van der Waals surface area (Å²) in [6.45, 7) is 0.766. The third-order valence-electron chi connectivity index (χ3n) is 3.04. The summed E-state index contributed by atoms with van der Waals surface area (Å²) in [7, 11) is 0. The Labute approximate surface area is 105 Å². The number of rotatable bonds is 5. The first-order valence-corrected chi connectivity index (χ1v) is 6.88. The second kappa shape index (κ2) is 4.96. The molecule has 0 saturated heterocycles. The van der Waals surface area contributed by atoms with Crippen LogP contribution in [0.1, 0.15) is 18.5 Å². The normalized spacial score (nSPS) is 16.5. The zero-order chi connectivity index (χ0) is 12.3. The summed E-state index contributed by atoms with van der Waals surface area (Å²) in [6, 6.07) is 3.55. The van der Waals surface area contributed by atoms with Gasteiger partial charge in [-0.1, -0.05) is 0 Å². The van der Waals surface area contributed by atoms with Gasteiger partial charge in [0.25, 0.3) is 0 Å². The standard InChI is InChI=1S/C12H17N3OS/c1-17-12(4-5-12)8-15-11(16)6-10-3-2-9(13)7-14-10/h2-3,7H,4-6,8,13H2,1H3,(H,15,16). The zero-order valence-electron chi connectivity index (χ0n) is 9.90. The predicted molar refractivity (Wildman–Crippen MR) is 70.8 cm³/mol. The minimum absolute atomic E-state index is 0.0302. The van der Waals surface area contributed by atoms with Crippen molar-refractivity contribution in [2.75, 3.05) is 18.5 Å². The predicted octanol–water partition coefficient (Wildman–Crippen LogP) is 1.22. The summed E-state index contributed by atoms with van der Waals surface area (Å²) in [5.41, 5.74) is 6.91. The van der Waals surface area contributed by atoms with E-state index in [1.165, 1.54) is 12.8 Å². The van der Waals surface area contributed by atoms with E-state index in [-0.39, 0.29) is 5.91 Å². The second-order valence-corrected chi connectivity index (χ2v) is 5.70. The Morgan fingerprint density at radius 3 is 2.88 bits per heavy atom. The van der Waals surface area contributed by atoms with Crippen LogP contribution in [-0.2, 0) is 11.2 Å². The first kappa shape index (κ1) is 12.2. The molecule has 3 N–H and O–H groups in total. The number of nitrogens with two attached hydrogens (primary N) is 1. The van der Waals surface area contributed by atoms with Crippen molar-refractivity contribution in [3.05, 3.63) is 24.0 Å². The van der Waals surface area contributed by atoms with Crippen molar-refractivity contribution in [3.63, 3.8) is 0 Å². The summed E-state index contributed by atoms with van der Waals surface area (Å²) in [5.74, 6) is 0.0302. The van der Waals surface area contributed by atoms with Gasteiger partial charge in [0, 0.05) is 17.0 Å². The molecule has 1 fully saturated rings. The van der Waals surface area contributed by atoms with E-state index in [1.807, 2.05) is 11.8 Å². The molecular formula is C12H17N3OS. The van der Waals surface area contributed by atoms with Crippen molar-refractivity contribution in [3.8, 4) is 0 Å². The molecule has 0 bridgehead atoms. The summed E-state index contributed by atoms with van der Waals surface area (Å²) in [6.07, 6.45) is 6.40. The molecule has 1 heterocycles. The molecule has 17 heavy (non-hydrogen) atoms. The molecule has 0 unspecified atom stereocenters. The fraction of sp³-hybridized carbons (Fsp3) is 0.500. The minimum Gasteiger partial charge on any atom is -0.397 e. The van der Waals surface area contributed by atoms with E-state index in [9.17, 15) is 4.79 Å². The maximum absolute atomic E-state index is 11.7. The molecule has 0 atom stereocenters. The molecule has 1 aliphatic rings. The van der Waals surface area contributed by atoms with Gasteiger partial charge in [-0.3, -0.25) is 9.78 Å². The number of carbonyl (C=O) groups is 1. The Balaban J connectivity index is 1.79. The maximum atomic E-state index is 11.7. The van der Waals surface area contributed by atoms with Crippen molar-refractivity contribution >= 4 is 23.4 Å². The maximum Gasteiger partial charge on any atom is 0.226 e. The van der Waals surface area contributed by atoms with Crippen LogP contribution in [0.5, 0.6) is 0 Å². The van der Waals surface area contributed by atoms with Crippen molar-refractivity contribution in [1.82, 2.24) is 10.3 Å². The highest BCUT2D eigenvalue weighted by atomic mass is 32.2. The monoisotopic (exact) mass is 251 g/mol. The second-order valence-electron chi connectivity index (χ2n) is 4.42. The Kier molecular flexibility index (Phi) is 3.57. The molecule has 92 valence electrons. The lowest BCUT2D eigenvalue weighted by molar-refractivity contribution is -0.120. The molecule has 0 aromatic carbocycles. The van der Waals surface area contributed by atoms with Gasteiger partial charge >= 0.3 is 0 Å². The SMILES string of the molecule is CSC1(CNC(=O)Cc2ccc(N)cn2)CC1. The topological polar surface area (TPSA) is 68.0 Å². The van der Waals surface area contributed by atoms with Gasteiger partial charge in [0.2, 0.25) is 5.91 Å². The Morgan fingerprint density at radius 1 is 1.59 bits per heavy atom. The largest absolute Gasteiger partial charge is 0.397 e. The van der Waals surface area contributed by atoms with Crippen LogP contribution in [0.25, 0.3) is 0 Å². The number of hydrogen-bond acceptors (Lipinski definition) is 4. The van der Waals surface area contributed by atoms with Crippen LogP contribution in [0.15, 0.2) is 18.3 Å². The van der Waals surface area contributed by atoms with Crippen LogP contribution in [0.4, 0.5) is 5.69 Å². The van der Waals surface area contributed by atoms with E-state index in [0.717, 1.165) is 12.2 Å². The number of amides is 1. The molecule has 2 rings (SSSR count). The molecule has 5 heteroatoms. The van der Waals surface area contributed by atoms with Crippen LogP contribution in [-0.4, -0.2) is 28.4 Å². The smallest absolute Gasteiger partial charge is 0.226 e. The fourth-order valence-corrected chi connectivity index (χ4v) is 2.35. The van der Waals surface area contributed by atoms with Gasteiger partial charge in [0.1, 0.15) is 0 Å². The number of nitrogens with zero attached hydrogens (tertiary/aromatic N) is 1. The number of aromatic nitrogens is 1. The van der Waals surface area contributed by atoms with E-state index in [2.05, 4.69) is 16.6 Å². The van der Waals surface area contributed by atoms with Gasteiger partial charge in [-0.2, -0.15) is 11.8 Å². The molecule has 1 aliphatic carbocycles. The minimum atomic E-state index is 0.0302. The zero-order valence-corrected chi connectivity index (χ0v) is 10.7. The highest BCUT2D eigenvalue weighted by molar-refractivity contribution is 8.00. The Hall–Kier alpha value is -1.23. The van der Waals surface area contributed by atoms with Gasteiger partial charge in [-0.05, 0) is 31.2 Å². The number of hydrogen-bond donors (Lipinski definition) is 2. The summed E-state index contributed by atoms with van der Waals surface area (Å²) >= 11 is 1.84. The average Bonchev–Trinajstić information content (AvgIpc) is 3.10. The fourth-order valence-electron chi connectivity index (χ4n) is 1.62. The summed E-state index contributed by atoms with van der Waals surface area (Å²) < 4.78 is 0.310. The molecule has 1 saturated carbocycles. The molecule has 1 aromatic rings. The van der Waals surface area contributed by atoms with Crippen molar-refractivity contribution < 1.29 is 4.79 Å². The van der Waals surface area contributed by atoms with Gasteiger partial charge < -0.3 is 11.1 Å². The van der Waals surface area contributed by atoms with Gasteiger partial charge in [0.15, 0.2) is 0 Å². The number of nitrogen functional groups attached to an aromatic ring is 1. The third kappa shape index (κ3) is 3.36. The first-order chi connectivity index (χ1) is 8.13. The van der Waals surface area contributed by atoms with Gasteiger partial charge in [0.05, 0.1) is 18.3 Å². The average molecular weight is 251 g/mol. The van der Waals surface area contributed by atoms with E-state index in [1.54, 1.807) is 18.3 Å². The number of carbonyl (C=O) groups excluding carboxylic acids is 1. The number of anilines is 1.